The molecule has 0 amide bonds. The van der Waals surface area contributed by atoms with Crippen LogP contribution in [-0.4, -0.2) is 5.11 Å². The van der Waals surface area contributed by atoms with Gasteiger partial charge in [0.25, 0.3) is 0 Å². The van der Waals surface area contributed by atoms with Crippen LogP contribution in [0, 0.1) is 81.1 Å². The van der Waals surface area contributed by atoms with Gasteiger partial charge in [0.15, 0.2) is 0 Å². The predicted octanol–water partition coefficient (Wildman–Crippen LogP) is -0.665. The first-order valence-corrected chi connectivity index (χ1v) is 3.84. The molecule has 10 nitrogen and oxygen atoms in total. The SMILES string of the molecule is O=N[O-].Oc1ccccc1.[C-]#N.[C-]#N.[C-]#N.[C-]#N.[C-]#N.[C-]#N.[Fe+6].[H-].[Na+]. The molecule has 0 saturated heterocycles. The van der Waals surface area contributed by atoms with Gasteiger partial charge in [-0.25, -0.2) is 0 Å². The third-order valence-corrected chi connectivity index (χ3v) is 0.756. The molecule has 0 radical (unpaired) electrons. The fourth-order valence-corrected chi connectivity index (χ4v) is 0.428. The Morgan fingerprint density at radius 1 is 0.792 bits per heavy atom. The molecule has 0 aliphatic rings. The average molecular weight is 376 g/mol. The van der Waals surface area contributed by atoms with Crippen molar-refractivity contribution in [2.45, 2.75) is 0 Å². The molecule has 1 N–H and O–H groups in total. The summed E-state index contributed by atoms with van der Waals surface area (Å²) in [6.07, 6.45) is 0. The largest absolute Gasteiger partial charge is 6.00 e. The molecule has 0 heterocycles. The minimum absolute atomic E-state index is 0. The molecule has 0 unspecified atom stereocenters. The number of nitrogens with zero attached hydrogens (tertiary/aromatic N) is 7. The Morgan fingerprint density at radius 3 is 1.04 bits per heavy atom. The Balaban J connectivity index is -0.0000000139. The summed E-state index contributed by atoms with van der Waals surface area (Å²) in [5.74, 6) is 0.322. The summed E-state index contributed by atoms with van der Waals surface area (Å²) in [7, 11) is 0. The van der Waals surface area contributed by atoms with Crippen molar-refractivity contribution in [3.05, 3.63) is 79.9 Å². The standard InChI is InChI=1S/C6H6O.6CN.Fe.HNO2.Na.H/c7-6-4-2-1-3-5-6;6*1-2;;2-1-3;;/h1-5,7H;;;;;;;;(H,2,3);;/q;6*-1;+6;;+1;-1/p-1. The van der Waals surface area contributed by atoms with Crippen molar-refractivity contribution in [1.29, 1.82) is 31.6 Å². The van der Waals surface area contributed by atoms with E-state index in [0.29, 0.717) is 5.75 Å². The van der Waals surface area contributed by atoms with Crippen LogP contribution in [0.5, 0.6) is 5.75 Å². The third-order valence-electron chi connectivity index (χ3n) is 0.756. The molecule has 1 aromatic rings. The first-order chi connectivity index (χ1) is 10.8. The first-order valence-electron chi connectivity index (χ1n) is 3.84. The van der Waals surface area contributed by atoms with Gasteiger partial charge in [-0.3, -0.25) is 0 Å². The molecule has 12 heteroatoms. The first kappa shape index (κ1) is 58.5. The molecule has 0 aliphatic heterocycles. The van der Waals surface area contributed by atoms with Crippen molar-refractivity contribution in [2.24, 2.45) is 5.34 Å². The summed E-state index contributed by atoms with van der Waals surface area (Å²) in [6.45, 7) is 28.5. The molecule has 0 bridgehead atoms. The molecule has 118 valence electrons. The maximum absolute atomic E-state index is 8.63. The van der Waals surface area contributed by atoms with Crippen LogP contribution in [0.1, 0.15) is 1.43 Å². The Labute approximate surface area is 175 Å². The zero-order valence-electron chi connectivity index (χ0n) is 13.1. The number of para-hydroxylation sites is 1. The zero-order chi connectivity index (χ0) is 19.8. The minimum Gasteiger partial charge on any atom is -1.00 e. The predicted molar refractivity (Wildman–Crippen MR) is 68.2 cm³/mol. The van der Waals surface area contributed by atoms with Crippen LogP contribution >= 0.6 is 0 Å². The van der Waals surface area contributed by atoms with Gasteiger partial charge in [-0.2, -0.15) is 0 Å². The maximum Gasteiger partial charge on any atom is 6.00 e. The van der Waals surface area contributed by atoms with Crippen LogP contribution in [0.25, 0.3) is 0 Å². The Morgan fingerprint density at radius 2 is 0.958 bits per heavy atom. The number of phenolic OH excluding ortho intramolecular Hbond substituents is 1. The molecule has 0 atom stereocenters. The molecule has 1 rings (SSSR count). The van der Waals surface area contributed by atoms with Gasteiger partial charge in [-0.05, 0) is 12.1 Å². The number of hydrogen-bond donors (Lipinski definition) is 1. The van der Waals surface area contributed by atoms with Crippen molar-refractivity contribution in [2.75, 3.05) is 0 Å². The van der Waals surface area contributed by atoms with Gasteiger partial charge in [0.2, 0.25) is 0 Å². The van der Waals surface area contributed by atoms with Crippen LogP contribution in [0.2, 0.25) is 0 Å². The van der Waals surface area contributed by atoms with Crippen LogP contribution in [0.15, 0.2) is 35.7 Å². The van der Waals surface area contributed by atoms with E-state index in [1.165, 1.54) is 0 Å². The van der Waals surface area contributed by atoms with Gasteiger partial charge in [0.05, 0.1) is 0 Å². The van der Waals surface area contributed by atoms with E-state index in [2.05, 4.69) is 0 Å². The summed E-state index contributed by atoms with van der Waals surface area (Å²) in [5.41, 5.74) is 0. The second kappa shape index (κ2) is 205. The summed E-state index contributed by atoms with van der Waals surface area (Å²) in [5, 5.41) is 55.1. The van der Waals surface area contributed by atoms with Gasteiger partial charge in [0.1, 0.15) is 5.75 Å². The molecule has 0 aromatic heterocycles. The van der Waals surface area contributed by atoms with E-state index in [0.717, 1.165) is 5.34 Å². The third kappa shape index (κ3) is 253. The number of rotatable bonds is 0. The number of aromatic hydroxyl groups is 1. The molecule has 24 heavy (non-hydrogen) atoms. The summed E-state index contributed by atoms with van der Waals surface area (Å²) < 4.78 is 0. The fourth-order valence-electron chi connectivity index (χ4n) is 0.428. The zero-order valence-corrected chi connectivity index (χ0v) is 15.2. The molecule has 0 fully saturated rings. The second-order valence-corrected chi connectivity index (χ2v) is 1.41. The second-order valence-electron chi connectivity index (χ2n) is 1.41. The van der Waals surface area contributed by atoms with Crippen LogP contribution in [0.4, 0.5) is 0 Å². The molecule has 0 spiro atoms. The summed E-state index contributed by atoms with van der Waals surface area (Å²) in [4.78, 5) is 8.00. The van der Waals surface area contributed by atoms with Gasteiger partial charge >= 0.3 is 46.6 Å². The van der Waals surface area contributed by atoms with Crippen LogP contribution in [0.3, 0.4) is 0 Å². The van der Waals surface area contributed by atoms with Crippen molar-refractivity contribution in [3.8, 4) is 5.75 Å². The van der Waals surface area contributed by atoms with Crippen molar-refractivity contribution in [1.82, 2.24) is 0 Å². The van der Waals surface area contributed by atoms with Crippen molar-refractivity contribution < 1.29 is 53.2 Å². The monoisotopic (exact) mass is 376 g/mol. The molecular weight excluding hydrogens is 369 g/mol. The minimum atomic E-state index is 0. The quantitative estimate of drug-likeness (QED) is 0.262. The molecular formula is C12H7FeN7NaO3-. The van der Waals surface area contributed by atoms with E-state index in [1.807, 2.05) is 6.07 Å². The van der Waals surface area contributed by atoms with E-state index in [9.17, 15) is 0 Å². The van der Waals surface area contributed by atoms with Gasteiger partial charge in [-0.1, -0.05) is 18.2 Å². The topological polar surface area (TPSA) is 215 Å². The van der Waals surface area contributed by atoms with E-state index in [1.54, 1.807) is 24.3 Å². The summed E-state index contributed by atoms with van der Waals surface area (Å²) >= 11 is 0. The Bertz CT molecular complexity index is 365. The van der Waals surface area contributed by atoms with Crippen molar-refractivity contribution >= 4 is 0 Å². The maximum atomic E-state index is 8.63. The van der Waals surface area contributed by atoms with Gasteiger partial charge in [0, 0.05) is 0 Å². The van der Waals surface area contributed by atoms with Crippen LogP contribution in [-0.2, 0) is 17.1 Å². The van der Waals surface area contributed by atoms with E-state index in [4.69, 9.17) is 86.2 Å². The Kier molecular flexibility index (Phi) is 499. The van der Waals surface area contributed by atoms with Gasteiger partial charge < -0.3 is 87.7 Å². The molecule has 0 aliphatic carbocycles. The van der Waals surface area contributed by atoms with E-state index < -0.39 is 0 Å². The smallest absolute Gasteiger partial charge is 1.00 e. The van der Waals surface area contributed by atoms with Crippen molar-refractivity contribution in [3.63, 3.8) is 0 Å². The Hall–Kier alpha value is -3.12. The molecule has 0 saturated carbocycles. The summed E-state index contributed by atoms with van der Waals surface area (Å²) in [6, 6.07) is 8.71. The number of hydrogen-bond acceptors (Lipinski definition) is 10. The van der Waals surface area contributed by atoms with E-state index in [-0.39, 0.29) is 48.1 Å². The number of phenols is 1. The van der Waals surface area contributed by atoms with Gasteiger partial charge in [-0.15, -0.1) is 5.34 Å². The fraction of sp³-hybridized carbons (Fsp3) is 0. The van der Waals surface area contributed by atoms with Crippen LogP contribution < -0.4 is 29.6 Å². The normalized spacial score (nSPS) is 3.50. The molecule has 1 aromatic carbocycles. The van der Waals surface area contributed by atoms with E-state index >= 15 is 0 Å². The average Bonchev–Trinajstić information content (AvgIpc) is 2.66. The number of benzene rings is 1.